The van der Waals surface area contributed by atoms with Crippen LogP contribution < -0.4 is 11.5 Å². The van der Waals surface area contributed by atoms with E-state index in [4.69, 9.17) is 11.5 Å². The fourth-order valence-corrected chi connectivity index (χ4v) is 1.50. The maximum Gasteiger partial charge on any atom is 3.00 e. The van der Waals surface area contributed by atoms with Crippen LogP contribution in [0.15, 0.2) is 30.3 Å². The van der Waals surface area contributed by atoms with Crippen molar-refractivity contribution in [1.82, 2.24) is 4.98 Å². The van der Waals surface area contributed by atoms with Crippen LogP contribution >= 0.6 is 0 Å². The zero-order valence-electron chi connectivity index (χ0n) is 9.97. The van der Waals surface area contributed by atoms with Crippen molar-refractivity contribution in [2.45, 2.75) is 6.92 Å². The molecule has 0 saturated carbocycles. The van der Waals surface area contributed by atoms with Crippen LogP contribution in [0.25, 0.3) is 11.3 Å². The normalized spacial score (nSPS) is 9.61. The van der Waals surface area contributed by atoms with Crippen LogP contribution in [0.5, 0.6) is 0 Å². The maximum atomic E-state index is 11.0. The number of primary amides is 1. The number of carbonyl (C=O) groups is 1. The first kappa shape index (κ1) is 14.8. The minimum absolute atomic E-state index is 0. The summed E-state index contributed by atoms with van der Waals surface area (Å²) < 4.78 is 0. The SMILES string of the molecule is Cc1ccc(-c2c[c-]c(C(N)=O)c(N)n2)cc1.[Y+3]. The third-order valence-corrected chi connectivity index (χ3v) is 2.44. The molecule has 2 aromatic rings. The Morgan fingerprint density at radius 1 is 1.28 bits per heavy atom. The molecular formula is C13H12N3OY+2. The van der Waals surface area contributed by atoms with E-state index in [1.165, 1.54) is 5.56 Å². The van der Waals surface area contributed by atoms with Crippen molar-refractivity contribution in [3.8, 4) is 11.3 Å². The van der Waals surface area contributed by atoms with Gasteiger partial charge in [0.05, 0.1) is 0 Å². The molecule has 0 spiro atoms. The third-order valence-electron chi connectivity index (χ3n) is 2.44. The molecular weight excluding hydrogens is 303 g/mol. The standard InChI is InChI=1S/C13H12N3O.Y/c1-8-2-4-9(5-3-8)11-7-6-10(13(15)17)12(14)16-11;/h2-5,7H,1H3,(H2,14,16)(H2,15,17);/q-1;+3. The van der Waals surface area contributed by atoms with Gasteiger partial charge in [-0.15, -0.1) is 12.1 Å². The third kappa shape index (κ3) is 3.15. The van der Waals surface area contributed by atoms with Crippen molar-refractivity contribution < 1.29 is 37.5 Å². The number of rotatable bonds is 2. The average Bonchev–Trinajstić information content (AvgIpc) is 2.29. The van der Waals surface area contributed by atoms with Crippen molar-refractivity contribution in [3.63, 3.8) is 0 Å². The number of nitrogens with two attached hydrogens (primary N) is 2. The molecule has 1 heterocycles. The molecule has 2 rings (SSSR count). The fourth-order valence-electron chi connectivity index (χ4n) is 1.50. The first-order valence-corrected chi connectivity index (χ1v) is 5.13. The van der Waals surface area contributed by atoms with Crippen molar-refractivity contribution in [2.75, 3.05) is 5.73 Å². The van der Waals surface area contributed by atoms with Gasteiger partial charge in [-0.3, -0.25) is 0 Å². The Morgan fingerprint density at radius 2 is 1.89 bits per heavy atom. The van der Waals surface area contributed by atoms with E-state index in [0.717, 1.165) is 5.56 Å². The quantitative estimate of drug-likeness (QED) is 0.825. The van der Waals surface area contributed by atoms with E-state index in [1.807, 2.05) is 31.2 Å². The number of hydrogen-bond donors (Lipinski definition) is 2. The molecule has 18 heavy (non-hydrogen) atoms. The summed E-state index contributed by atoms with van der Waals surface area (Å²) in [6.07, 6.45) is 0. The minimum atomic E-state index is -0.620. The molecule has 0 aliphatic rings. The van der Waals surface area contributed by atoms with Gasteiger partial charge in [0, 0.05) is 5.82 Å². The van der Waals surface area contributed by atoms with Crippen LogP contribution in [-0.2, 0) is 32.7 Å². The summed E-state index contributed by atoms with van der Waals surface area (Å²) >= 11 is 0. The van der Waals surface area contributed by atoms with Gasteiger partial charge in [-0.2, -0.15) is 0 Å². The number of nitrogen functional groups attached to an aromatic ring is 1. The Labute approximate surface area is 131 Å². The molecule has 1 aromatic heterocycles. The summed E-state index contributed by atoms with van der Waals surface area (Å²) in [6, 6.07) is 12.2. The van der Waals surface area contributed by atoms with Crippen LogP contribution in [-0.4, -0.2) is 10.9 Å². The van der Waals surface area contributed by atoms with Gasteiger partial charge in [-0.05, 0) is 23.7 Å². The van der Waals surface area contributed by atoms with E-state index in [2.05, 4.69) is 11.1 Å². The van der Waals surface area contributed by atoms with Crippen LogP contribution in [0.4, 0.5) is 5.82 Å². The molecule has 0 saturated heterocycles. The van der Waals surface area contributed by atoms with Crippen molar-refractivity contribution >= 4 is 11.7 Å². The molecule has 1 amide bonds. The summed E-state index contributed by atoms with van der Waals surface area (Å²) in [5, 5.41) is 0. The van der Waals surface area contributed by atoms with Crippen LogP contribution in [0.1, 0.15) is 15.9 Å². The Morgan fingerprint density at radius 3 is 2.39 bits per heavy atom. The van der Waals surface area contributed by atoms with Crippen LogP contribution in [0.3, 0.4) is 0 Å². The average molecular weight is 315 g/mol. The maximum absolute atomic E-state index is 11.0. The van der Waals surface area contributed by atoms with Crippen molar-refractivity contribution in [1.29, 1.82) is 0 Å². The number of carbonyl (C=O) groups excluding carboxylic acids is 1. The fraction of sp³-hybridized carbons (Fsp3) is 0.0769. The molecule has 0 bridgehead atoms. The van der Waals surface area contributed by atoms with E-state index >= 15 is 0 Å². The Hall–Kier alpha value is -1.26. The van der Waals surface area contributed by atoms with E-state index in [1.54, 1.807) is 6.07 Å². The van der Waals surface area contributed by atoms with E-state index in [0.29, 0.717) is 5.69 Å². The Kier molecular flexibility index (Phi) is 4.99. The molecule has 0 unspecified atom stereocenters. The first-order valence-electron chi connectivity index (χ1n) is 5.13. The second-order valence-electron chi connectivity index (χ2n) is 3.78. The largest absolute Gasteiger partial charge is 3.00 e. The van der Waals surface area contributed by atoms with Crippen LogP contribution in [0.2, 0.25) is 0 Å². The van der Waals surface area contributed by atoms with Gasteiger partial charge >= 0.3 is 32.7 Å². The summed E-state index contributed by atoms with van der Waals surface area (Å²) in [6.45, 7) is 2.01. The molecule has 0 radical (unpaired) electrons. The van der Waals surface area contributed by atoms with Gasteiger partial charge in [-0.1, -0.05) is 29.8 Å². The van der Waals surface area contributed by atoms with Crippen molar-refractivity contribution in [2.24, 2.45) is 5.73 Å². The number of aryl methyl sites for hydroxylation is 1. The summed E-state index contributed by atoms with van der Waals surface area (Å²) in [5.41, 5.74) is 13.7. The number of hydrogen-bond acceptors (Lipinski definition) is 3. The molecule has 0 aliphatic heterocycles. The smallest absolute Gasteiger partial charge is 0.422 e. The molecule has 4 N–H and O–H groups in total. The predicted octanol–water partition coefficient (Wildman–Crippen LogP) is 1.54. The number of benzene rings is 1. The summed E-state index contributed by atoms with van der Waals surface area (Å²) in [4.78, 5) is 15.1. The Balaban J connectivity index is 0.00000162. The van der Waals surface area contributed by atoms with Gasteiger partial charge in [0.1, 0.15) is 0 Å². The topological polar surface area (TPSA) is 82.0 Å². The number of pyridine rings is 1. The molecule has 0 aliphatic carbocycles. The molecule has 5 heteroatoms. The van der Waals surface area contributed by atoms with Crippen LogP contribution in [0, 0.1) is 13.0 Å². The van der Waals surface area contributed by atoms with Gasteiger partial charge in [0.25, 0.3) is 0 Å². The van der Waals surface area contributed by atoms with Crippen molar-refractivity contribution in [3.05, 3.63) is 47.5 Å². The molecule has 1 aromatic carbocycles. The summed E-state index contributed by atoms with van der Waals surface area (Å²) in [7, 11) is 0. The van der Waals surface area contributed by atoms with Gasteiger partial charge in [0.2, 0.25) is 0 Å². The molecule has 4 nitrogen and oxygen atoms in total. The zero-order chi connectivity index (χ0) is 12.4. The zero-order valence-corrected chi connectivity index (χ0v) is 12.8. The molecule has 0 fully saturated rings. The molecule has 0 atom stereocenters. The first-order chi connectivity index (χ1) is 8.08. The predicted molar refractivity (Wildman–Crippen MR) is 66.2 cm³/mol. The van der Waals surface area contributed by atoms with Gasteiger partial charge in [0.15, 0.2) is 5.91 Å². The monoisotopic (exact) mass is 315 g/mol. The van der Waals surface area contributed by atoms with E-state index in [9.17, 15) is 4.79 Å². The Bertz CT molecular complexity index is 567. The number of anilines is 1. The summed E-state index contributed by atoms with van der Waals surface area (Å²) in [5.74, 6) is -0.513. The van der Waals surface area contributed by atoms with E-state index in [-0.39, 0.29) is 44.1 Å². The van der Waals surface area contributed by atoms with E-state index < -0.39 is 5.91 Å². The number of aromatic nitrogens is 1. The van der Waals surface area contributed by atoms with Gasteiger partial charge in [-0.25, -0.2) is 0 Å². The van der Waals surface area contributed by atoms with Gasteiger partial charge < -0.3 is 21.2 Å². The second-order valence-corrected chi connectivity index (χ2v) is 3.78. The minimum Gasteiger partial charge on any atom is -0.422 e. The second kappa shape index (κ2) is 6.07. The number of nitrogens with zero attached hydrogens (tertiary/aromatic N) is 1. The number of amides is 1. The molecule has 86 valence electrons.